The fourth-order valence-corrected chi connectivity index (χ4v) is 2.66. The Morgan fingerprint density at radius 2 is 2.12 bits per heavy atom. The highest BCUT2D eigenvalue weighted by Crippen LogP contribution is 2.35. The first-order valence-corrected chi connectivity index (χ1v) is 7.93. The second kappa shape index (κ2) is 8.52. The van der Waals surface area contributed by atoms with Crippen LogP contribution in [-0.2, 0) is 0 Å². The average Bonchev–Trinajstić information content (AvgIpc) is 2.56. The molecule has 0 spiro atoms. The van der Waals surface area contributed by atoms with Crippen LogP contribution in [0.3, 0.4) is 0 Å². The highest BCUT2D eigenvalue weighted by Gasteiger charge is 2.21. The van der Waals surface area contributed by atoms with Crippen LogP contribution < -0.4 is 15.8 Å². The van der Waals surface area contributed by atoms with Gasteiger partial charge in [-0.25, -0.2) is 0 Å². The minimum Gasteiger partial charge on any atom is -0.479 e. The summed E-state index contributed by atoms with van der Waals surface area (Å²) in [5.41, 5.74) is 4.70. The van der Waals surface area contributed by atoms with E-state index in [1.807, 2.05) is 0 Å². The molecule has 0 aromatic heterocycles. The number of amides is 1. The first-order valence-electron chi connectivity index (χ1n) is 7.56. The lowest BCUT2D eigenvalue weighted by molar-refractivity contribution is -0.384. The summed E-state index contributed by atoms with van der Waals surface area (Å²) < 4.78 is 5.38. The molecule has 0 bridgehead atoms. The summed E-state index contributed by atoms with van der Waals surface area (Å²) >= 11 is 5.94. The second-order valence-corrected chi connectivity index (χ2v) is 5.85. The van der Waals surface area contributed by atoms with Gasteiger partial charge in [-0.15, -0.1) is 0 Å². The molecular weight excluding hydrogens is 334 g/mol. The number of nitrogens with one attached hydrogen (secondary N) is 1. The zero-order valence-corrected chi connectivity index (χ0v) is 13.8. The Balaban J connectivity index is 2.01. The molecule has 0 atom stereocenters. The van der Waals surface area contributed by atoms with Gasteiger partial charge in [0.2, 0.25) is 5.91 Å². The molecule has 8 heteroatoms. The van der Waals surface area contributed by atoms with Crippen molar-refractivity contribution in [2.45, 2.75) is 19.3 Å². The predicted octanol–water partition coefficient (Wildman–Crippen LogP) is 2.12. The van der Waals surface area contributed by atoms with Crippen LogP contribution in [0.2, 0.25) is 5.02 Å². The monoisotopic (exact) mass is 351 g/mol. The fourth-order valence-electron chi connectivity index (χ4n) is 2.43. The van der Waals surface area contributed by atoms with Gasteiger partial charge in [0.1, 0.15) is 12.4 Å². The lowest BCUT2D eigenvalue weighted by Crippen LogP contribution is -2.27. The van der Waals surface area contributed by atoms with Crippen molar-refractivity contribution in [1.82, 2.24) is 5.32 Å². The topological polar surface area (TPSA) is 107 Å². The predicted molar refractivity (Wildman–Crippen MR) is 90.1 cm³/mol. The molecular formula is C16H18ClN3O4. The number of rotatable bonds is 5. The Labute approximate surface area is 144 Å². The van der Waals surface area contributed by atoms with Gasteiger partial charge in [-0.05, 0) is 37.9 Å². The molecule has 1 heterocycles. The Bertz CT molecular complexity index is 691. The van der Waals surface area contributed by atoms with E-state index in [0.717, 1.165) is 38.4 Å². The number of piperidine rings is 1. The van der Waals surface area contributed by atoms with Crippen LogP contribution in [0.4, 0.5) is 5.69 Å². The van der Waals surface area contributed by atoms with Crippen molar-refractivity contribution in [3.8, 4) is 17.6 Å². The molecule has 1 saturated heterocycles. The van der Waals surface area contributed by atoms with E-state index in [4.69, 9.17) is 22.1 Å². The van der Waals surface area contributed by atoms with Gasteiger partial charge in [-0.3, -0.25) is 14.9 Å². The highest BCUT2D eigenvalue weighted by molar-refractivity contribution is 6.34. The number of halogens is 1. The van der Waals surface area contributed by atoms with Crippen molar-refractivity contribution in [3.63, 3.8) is 0 Å². The third-order valence-corrected chi connectivity index (χ3v) is 4.16. The van der Waals surface area contributed by atoms with Gasteiger partial charge in [0.25, 0.3) is 5.69 Å². The van der Waals surface area contributed by atoms with E-state index >= 15 is 0 Å². The molecule has 0 radical (unpaired) electrons. The molecule has 7 nitrogen and oxygen atoms in total. The van der Waals surface area contributed by atoms with Crippen molar-refractivity contribution in [2.24, 2.45) is 11.7 Å². The van der Waals surface area contributed by atoms with Gasteiger partial charge < -0.3 is 15.8 Å². The minimum atomic E-state index is -0.795. The summed E-state index contributed by atoms with van der Waals surface area (Å²) in [6.07, 6.45) is 3.00. The number of nitro groups is 1. The Hall–Kier alpha value is -2.30. The van der Waals surface area contributed by atoms with Gasteiger partial charge in [0.15, 0.2) is 5.02 Å². The molecule has 1 amide bonds. The largest absolute Gasteiger partial charge is 0.479 e. The average molecular weight is 352 g/mol. The number of carbonyl (C=O) groups excluding carboxylic acids is 1. The molecule has 128 valence electrons. The van der Waals surface area contributed by atoms with Crippen molar-refractivity contribution in [1.29, 1.82) is 0 Å². The van der Waals surface area contributed by atoms with Crippen LogP contribution >= 0.6 is 11.6 Å². The molecule has 0 aliphatic carbocycles. The van der Waals surface area contributed by atoms with Crippen LogP contribution in [0.1, 0.15) is 29.6 Å². The number of ether oxygens (including phenoxy) is 1. The molecule has 1 aliphatic rings. The van der Waals surface area contributed by atoms with Crippen molar-refractivity contribution >= 4 is 23.2 Å². The van der Waals surface area contributed by atoms with Crippen molar-refractivity contribution < 1.29 is 14.5 Å². The third-order valence-electron chi connectivity index (χ3n) is 3.78. The Morgan fingerprint density at radius 3 is 2.75 bits per heavy atom. The summed E-state index contributed by atoms with van der Waals surface area (Å²) in [6, 6.07) is 2.31. The summed E-state index contributed by atoms with van der Waals surface area (Å²) in [4.78, 5) is 21.5. The summed E-state index contributed by atoms with van der Waals surface area (Å²) in [5.74, 6) is 5.73. The zero-order valence-electron chi connectivity index (χ0n) is 13.0. The number of carbonyl (C=O) groups is 1. The molecule has 3 N–H and O–H groups in total. The van der Waals surface area contributed by atoms with Crippen molar-refractivity contribution in [3.05, 3.63) is 32.8 Å². The number of nitrogens with two attached hydrogens (primary N) is 1. The lowest BCUT2D eigenvalue weighted by Gasteiger charge is -2.20. The van der Waals surface area contributed by atoms with Crippen LogP contribution in [0, 0.1) is 27.9 Å². The van der Waals surface area contributed by atoms with Crippen LogP contribution in [0.25, 0.3) is 0 Å². The van der Waals surface area contributed by atoms with E-state index in [1.165, 1.54) is 6.07 Å². The minimum absolute atomic E-state index is 0.0239. The van der Waals surface area contributed by atoms with E-state index in [-0.39, 0.29) is 22.9 Å². The fraction of sp³-hybridized carbons (Fsp3) is 0.438. The molecule has 2 rings (SSSR count). The Morgan fingerprint density at radius 1 is 1.42 bits per heavy atom. The molecule has 1 fully saturated rings. The maximum Gasteiger partial charge on any atom is 0.292 e. The van der Waals surface area contributed by atoms with Crippen molar-refractivity contribution in [2.75, 3.05) is 19.7 Å². The van der Waals surface area contributed by atoms with Gasteiger partial charge in [0, 0.05) is 18.1 Å². The summed E-state index contributed by atoms with van der Waals surface area (Å²) in [6.45, 7) is 2.06. The van der Waals surface area contributed by atoms with Gasteiger partial charge in [-0.2, -0.15) is 0 Å². The summed E-state index contributed by atoms with van der Waals surface area (Å²) in [5, 5.41) is 14.1. The number of primary amides is 1. The number of nitrogens with zero attached hydrogens (tertiary/aromatic N) is 1. The quantitative estimate of drug-likeness (QED) is 0.480. The molecule has 0 unspecified atom stereocenters. The van der Waals surface area contributed by atoms with E-state index in [2.05, 4.69) is 17.2 Å². The third kappa shape index (κ3) is 4.85. The number of nitro benzene ring substituents is 1. The first kappa shape index (κ1) is 18.0. The normalized spacial score (nSPS) is 14.5. The Kier molecular flexibility index (Phi) is 6.41. The van der Waals surface area contributed by atoms with Gasteiger partial charge >= 0.3 is 0 Å². The molecule has 1 aromatic rings. The maximum atomic E-state index is 11.3. The van der Waals surface area contributed by atoms with Crippen LogP contribution in [0.5, 0.6) is 5.75 Å². The van der Waals surface area contributed by atoms with E-state index in [0.29, 0.717) is 5.92 Å². The van der Waals surface area contributed by atoms with Crippen LogP contribution in [0.15, 0.2) is 12.1 Å². The second-order valence-electron chi connectivity index (χ2n) is 5.47. The van der Waals surface area contributed by atoms with Crippen LogP contribution in [-0.4, -0.2) is 30.5 Å². The molecule has 24 heavy (non-hydrogen) atoms. The first-order chi connectivity index (χ1) is 11.5. The van der Waals surface area contributed by atoms with Gasteiger partial charge in [0.05, 0.1) is 4.92 Å². The van der Waals surface area contributed by atoms with E-state index < -0.39 is 16.5 Å². The summed E-state index contributed by atoms with van der Waals surface area (Å²) in [7, 11) is 0. The number of hydrogen-bond acceptors (Lipinski definition) is 5. The standard InChI is InChI=1S/C16H18ClN3O4/c17-15-13(20(22)23)9-12(16(18)21)10-14(15)24-8-2-1-3-11-4-6-19-7-5-11/h9-11,19H,3-8H2,(H2,18,21). The SMILES string of the molecule is NC(=O)c1cc(OCC#CCC2CCNCC2)c(Cl)c([N+](=O)[O-])c1. The number of benzene rings is 1. The van der Waals surface area contributed by atoms with E-state index in [1.54, 1.807) is 0 Å². The highest BCUT2D eigenvalue weighted by atomic mass is 35.5. The maximum absolute atomic E-state index is 11.3. The number of hydrogen-bond donors (Lipinski definition) is 2. The molecule has 0 saturated carbocycles. The lowest BCUT2D eigenvalue weighted by atomic mass is 9.95. The molecule has 1 aliphatic heterocycles. The van der Waals surface area contributed by atoms with Gasteiger partial charge in [-0.1, -0.05) is 23.4 Å². The molecule has 1 aromatic carbocycles. The zero-order chi connectivity index (χ0) is 17.5. The smallest absolute Gasteiger partial charge is 0.292 e. The van der Waals surface area contributed by atoms with E-state index in [9.17, 15) is 14.9 Å².